The average molecular weight is 1470 g/mol. The van der Waals surface area contributed by atoms with Crippen LogP contribution in [0.2, 0.25) is 0 Å². The van der Waals surface area contributed by atoms with E-state index in [2.05, 4.69) is 101 Å². The minimum atomic E-state index is -1.74. The molecule has 46 N–H and O–H groups in total. The van der Waals surface area contributed by atoms with Gasteiger partial charge in [0.05, 0.1) is 13.1 Å². The summed E-state index contributed by atoms with van der Waals surface area (Å²) >= 11 is 0. The number of hydrogen-bond donors (Lipinski definition) is 37. The lowest BCUT2D eigenvalue weighted by Crippen LogP contribution is -2.61. The number of aromatic hydroxyl groups is 1. The van der Waals surface area contributed by atoms with E-state index in [-0.39, 0.29) is 90.2 Å². The monoisotopic (exact) mass is 1470 g/mol. The highest BCUT2D eigenvalue weighted by molar-refractivity contribution is 5.99. The first-order chi connectivity index (χ1) is 48.9. The van der Waals surface area contributed by atoms with E-state index in [9.17, 15) is 62.6 Å². The molecule has 49 nitrogen and oxygen atoms in total. The van der Waals surface area contributed by atoms with Crippen LogP contribution in [-0.2, 0) is 64.0 Å². The zero-order valence-corrected chi connectivity index (χ0v) is 57.0. The van der Waals surface area contributed by atoms with Gasteiger partial charge in [-0.1, -0.05) is 12.1 Å². The third-order valence-corrected chi connectivity index (χ3v) is 14.0. The van der Waals surface area contributed by atoms with Crippen molar-refractivity contribution in [3.63, 3.8) is 0 Å². The fourth-order valence-corrected chi connectivity index (χ4v) is 8.98. The Bertz CT molecular complexity index is 3210. The van der Waals surface area contributed by atoms with Gasteiger partial charge in [0.25, 0.3) is 0 Å². The molecular formula is C55H100N36O13. The lowest BCUT2D eigenvalue weighted by Gasteiger charge is -2.28. The second-order valence-corrected chi connectivity index (χ2v) is 22.6. The molecule has 1 rings (SSSR count). The number of phenols is 1. The smallest absolute Gasteiger partial charge is 0.243 e. The highest BCUT2D eigenvalue weighted by Gasteiger charge is 2.35. The van der Waals surface area contributed by atoms with E-state index >= 15 is 0 Å². The Morgan fingerprint density at radius 1 is 0.298 bits per heavy atom. The molecule has 0 aliphatic carbocycles. The molecule has 0 saturated carbocycles. The third-order valence-electron chi connectivity index (χ3n) is 14.0. The van der Waals surface area contributed by atoms with E-state index in [0.29, 0.717) is 5.56 Å². The molecule has 0 aliphatic heterocycles. The van der Waals surface area contributed by atoms with Crippen LogP contribution in [0, 0.1) is 43.3 Å². The maximum Gasteiger partial charge on any atom is 0.243 e. The van der Waals surface area contributed by atoms with E-state index in [1.807, 2.05) is 0 Å². The Hall–Kier alpha value is -13.2. The normalized spacial score (nSPS) is 13.0. The van der Waals surface area contributed by atoms with Crippen molar-refractivity contribution in [3.8, 4) is 5.75 Å². The number of nitrogens with two attached hydrogens (primary N) is 9. The second-order valence-electron chi connectivity index (χ2n) is 22.6. The van der Waals surface area contributed by atoms with Crippen molar-refractivity contribution < 1.29 is 62.6 Å². The summed E-state index contributed by atoms with van der Waals surface area (Å²) in [6.45, 7) is -2.43. The summed E-state index contributed by atoms with van der Waals surface area (Å²) in [5, 5.41) is 117. The molecule has 0 aliphatic rings. The van der Waals surface area contributed by atoms with Gasteiger partial charge >= 0.3 is 0 Å². The number of nitrogens with one attached hydrogen (secondary N) is 27. The highest BCUT2D eigenvalue weighted by atomic mass is 16.3. The Morgan fingerprint density at radius 2 is 0.529 bits per heavy atom. The van der Waals surface area contributed by atoms with Crippen molar-refractivity contribution in [2.75, 3.05) is 65.4 Å². The number of carbonyl (C=O) groups is 12. The largest absolute Gasteiger partial charge is 0.508 e. The highest BCUT2D eigenvalue weighted by Crippen LogP contribution is 2.12. The van der Waals surface area contributed by atoms with E-state index in [0.717, 1.165) is 0 Å². The standard InChI is InChI=1S/C55H100N36O13/c1-25(92)83-36(22-26-2-4-27(93)5-3-26)40(97)82-23-37(94)81-24-38(95)84-29(7-15-74-49(59)60)41(98)86-31(9-17-76-51(63)64)43(100)88-33(11-19-78-53(67)68)45(102)90-35(13-21-80-55(71)72)47(104)91-34(12-20-79-54(69)70)46(103)89-32(10-18-77-52(65)66)44(101)87-30(8-16-75-50(61)62)42(99)85-28(39(56)96)6-14-73-48(57)58/h2-5,28-36,93H,6-24H2,1H3,(H2,56,96)(H,81,94)(H,82,97)(H,83,92)(H,84,95)(H,85,99)(H,86,98)(H,87,101)(H,88,100)(H,89,103)(H,90,102)(H,91,104)(H4,57,58,73)(H4,59,60,74)(H4,61,62,75)(H4,63,64,76)(H4,65,66,77)(H4,67,68,78)(H4,69,70,79)(H4,71,72,80)/t28-,29-,30-,31-,32-,33-,34-,35-,36-/m0/s1. The molecule has 104 heavy (non-hydrogen) atoms. The minimum absolute atomic E-state index is 0.0286. The van der Waals surface area contributed by atoms with Gasteiger partial charge in [0.1, 0.15) is 60.1 Å². The van der Waals surface area contributed by atoms with E-state index in [1.54, 1.807) is 0 Å². The Kier molecular flexibility index (Phi) is 40.8. The molecule has 0 heterocycles. The molecule has 0 bridgehead atoms. The van der Waals surface area contributed by atoms with Crippen molar-refractivity contribution in [2.24, 2.45) is 51.6 Å². The lowest BCUT2D eigenvalue weighted by molar-refractivity contribution is -0.136. The molecule has 0 radical (unpaired) electrons. The summed E-state index contributed by atoms with van der Waals surface area (Å²) < 4.78 is 0. The molecule has 0 fully saturated rings. The van der Waals surface area contributed by atoms with Gasteiger partial charge < -0.3 is 158 Å². The lowest BCUT2D eigenvalue weighted by atomic mass is 10.0. The number of primary amides is 1. The maximum atomic E-state index is 14.6. The summed E-state index contributed by atoms with van der Waals surface area (Å²) in [5.41, 5.74) is 49.9. The van der Waals surface area contributed by atoms with Gasteiger partial charge in [-0.3, -0.25) is 101 Å². The van der Waals surface area contributed by atoms with Gasteiger partial charge in [-0.25, -0.2) is 0 Å². The predicted molar refractivity (Wildman–Crippen MR) is 376 cm³/mol. The van der Waals surface area contributed by atoms with Crippen molar-refractivity contribution in [3.05, 3.63) is 29.8 Å². The SMILES string of the molecule is CC(=O)N[C@@H](Cc1ccc(O)cc1)C(=O)NCC(=O)NCC(=O)N[C@@H](CCNC(=N)N)C(=O)N[C@@H](CCNC(=N)N)C(=O)N[C@@H](CCNC(=N)N)C(=O)N[C@@H](CCNC(=N)N)C(=O)N[C@@H](CCNC(=N)N)C(=O)N[C@@H](CCNC(=N)N)C(=O)N[C@@H](CCNC(=N)N)C(=O)N[C@@H](CCNC(=N)N)C(N)=O. The van der Waals surface area contributed by atoms with Crippen LogP contribution in [-0.4, -0.2) is 243 Å². The molecule has 0 spiro atoms. The zero-order valence-electron chi connectivity index (χ0n) is 57.0. The quantitative estimate of drug-likeness (QED) is 0.0213. The van der Waals surface area contributed by atoms with Crippen LogP contribution >= 0.6 is 0 Å². The van der Waals surface area contributed by atoms with E-state index in [4.69, 9.17) is 94.9 Å². The number of benzene rings is 1. The van der Waals surface area contributed by atoms with Gasteiger partial charge in [-0.2, -0.15) is 0 Å². The Labute approximate surface area is 595 Å². The number of phenolic OH excluding ortho intramolecular Hbond substituents is 1. The van der Waals surface area contributed by atoms with E-state index in [1.165, 1.54) is 31.2 Å². The van der Waals surface area contributed by atoms with Crippen LogP contribution in [0.1, 0.15) is 63.9 Å². The fraction of sp³-hybridized carbons (Fsp3) is 0.527. The van der Waals surface area contributed by atoms with Gasteiger partial charge in [-0.15, -0.1) is 0 Å². The van der Waals surface area contributed by atoms with Gasteiger partial charge in [0.15, 0.2) is 47.7 Å². The van der Waals surface area contributed by atoms with Crippen LogP contribution < -0.4 is 153 Å². The summed E-state index contributed by atoms with van der Waals surface area (Å²) in [6, 6.07) is -8.47. The first-order valence-corrected chi connectivity index (χ1v) is 31.8. The molecule has 12 amide bonds. The molecule has 0 unspecified atom stereocenters. The van der Waals surface area contributed by atoms with Crippen LogP contribution in [0.25, 0.3) is 0 Å². The molecule has 1 aromatic carbocycles. The summed E-state index contributed by atoms with van der Waals surface area (Å²) in [6.07, 6.45) is -2.96. The van der Waals surface area contributed by atoms with Crippen molar-refractivity contribution in [1.29, 1.82) is 43.3 Å². The van der Waals surface area contributed by atoms with Gasteiger partial charge in [0.2, 0.25) is 70.9 Å². The van der Waals surface area contributed by atoms with Gasteiger partial charge in [-0.05, 0) is 69.1 Å². The van der Waals surface area contributed by atoms with Crippen LogP contribution in [0.5, 0.6) is 5.75 Å². The summed E-state index contributed by atoms with van der Waals surface area (Å²) in [7, 11) is 0. The Morgan fingerprint density at radius 3 is 0.769 bits per heavy atom. The molecule has 578 valence electrons. The summed E-state index contributed by atoms with van der Waals surface area (Å²) in [5.74, 6) is -16.4. The van der Waals surface area contributed by atoms with Crippen LogP contribution in [0.4, 0.5) is 0 Å². The van der Waals surface area contributed by atoms with Crippen molar-refractivity contribution >= 4 is 119 Å². The average Bonchev–Trinajstić information content (AvgIpc) is 0.865. The topological polar surface area (TPSA) is 879 Å². The van der Waals surface area contributed by atoms with Crippen LogP contribution in [0.3, 0.4) is 0 Å². The molecule has 1 aromatic rings. The molecule has 0 saturated heterocycles. The predicted octanol–water partition coefficient (Wildman–Crippen LogP) is -15.0. The number of guanidine groups is 8. The first kappa shape index (κ1) is 88.8. The molecule has 9 atom stereocenters. The first-order valence-electron chi connectivity index (χ1n) is 31.8. The fourth-order valence-electron chi connectivity index (χ4n) is 8.98. The Balaban J connectivity index is 3.74. The van der Waals surface area contributed by atoms with E-state index < -0.39 is 212 Å². The minimum Gasteiger partial charge on any atom is -0.508 e. The molecular weight excluding hydrogens is 1370 g/mol. The van der Waals surface area contributed by atoms with Gasteiger partial charge in [0, 0.05) is 65.7 Å². The molecule has 49 heteroatoms. The second kappa shape index (κ2) is 47.7. The molecule has 0 aromatic heterocycles. The maximum absolute atomic E-state index is 14.6. The number of rotatable bonds is 48. The van der Waals surface area contributed by atoms with Crippen LogP contribution in [0.15, 0.2) is 24.3 Å². The zero-order chi connectivity index (χ0) is 78.6. The summed E-state index contributed by atoms with van der Waals surface area (Å²) in [4.78, 5) is 164. The number of hydrogen-bond acceptors (Lipinski definition) is 21. The number of carbonyl (C=O) groups excluding carboxylic acids is 12. The number of amides is 12. The van der Waals surface area contributed by atoms with Crippen molar-refractivity contribution in [2.45, 2.75) is 119 Å². The van der Waals surface area contributed by atoms with Crippen molar-refractivity contribution in [1.82, 2.24) is 101 Å². The third kappa shape index (κ3) is 40.0.